The van der Waals surface area contributed by atoms with Crippen LogP contribution in [0.5, 0.6) is 0 Å². The van der Waals surface area contributed by atoms with Gasteiger partial charge in [0, 0.05) is 178 Å². The van der Waals surface area contributed by atoms with Crippen LogP contribution in [0.4, 0.5) is 0 Å². The Balaban J connectivity index is 0.403. The molecule has 0 saturated heterocycles. The van der Waals surface area contributed by atoms with Gasteiger partial charge in [-0.15, -0.1) is 0 Å². The molecule has 0 aliphatic heterocycles. The predicted molar refractivity (Wildman–Crippen MR) is 555 cm³/mol. The second-order valence-corrected chi connectivity index (χ2v) is 31.4. The van der Waals surface area contributed by atoms with Crippen molar-refractivity contribution in [2.24, 2.45) is 0 Å². The molecule has 17 rings (SSSR count). The predicted octanol–water partition coefficient (Wildman–Crippen LogP) is 24.7. The SMILES string of the molecule is Cc1ccc(C#Cc2ccc(C#Cc3ccc(C#Cc4ccc(C#Cc5ccc(C#Cc6ccc(C#Cc7ccc(C#Cc8ccc(C#Cc9ccc(C#Cc%10ccc(C#Cc%11ccc(C#Cc%12ccc(C#Cc%13ccc(C#Cc%14ccc(C#Cc%15ccc(C#Cc%16ccc(C#Cc%17ccc(C)cc%17)cc%16)cc%15)cc%14)cc%13)cc%12)cc%11)cc%10)cc9)cc8)cc7)cc6)cc5)cc4)cc3)cc2)cc1. The molecule has 0 heteroatoms. The highest BCUT2D eigenvalue weighted by Crippen LogP contribution is 2.18. The maximum atomic E-state index is 3.28. The average Bonchev–Trinajstić information content (AvgIpc) is 0.837. The van der Waals surface area contributed by atoms with Crippen molar-refractivity contribution in [1.29, 1.82) is 0 Å². The monoisotopic (exact) mass is 1710 g/mol. The first-order valence-electron chi connectivity index (χ1n) is 44.0. The first-order valence-corrected chi connectivity index (χ1v) is 44.0. The Morgan fingerprint density at radius 3 is 0.147 bits per heavy atom. The minimum atomic E-state index is 0.901. The van der Waals surface area contributed by atoms with Crippen molar-refractivity contribution in [2.75, 3.05) is 0 Å². The van der Waals surface area contributed by atoms with E-state index in [0.717, 1.165) is 178 Å². The molecule has 0 aromatic heterocycles. The lowest BCUT2D eigenvalue weighted by atomic mass is 10.1. The van der Waals surface area contributed by atoms with Gasteiger partial charge in [-0.3, -0.25) is 0 Å². The summed E-state index contributed by atoms with van der Waals surface area (Å²) in [6, 6.07) is 136. The molecular weight excluding hydrogens is 1630 g/mol. The molecule has 0 radical (unpaired) electrons. The van der Waals surface area contributed by atoms with E-state index < -0.39 is 0 Å². The van der Waals surface area contributed by atoms with E-state index in [2.05, 4.69) is 228 Å². The Labute approximate surface area is 799 Å². The van der Waals surface area contributed by atoms with Crippen LogP contribution in [-0.2, 0) is 0 Å². The van der Waals surface area contributed by atoms with Crippen molar-refractivity contribution in [1.82, 2.24) is 0 Å². The third kappa shape index (κ3) is 27.4. The van der Waals surface area contributed by atoms with Crippen LogP contribution in [0.15, 0.2) is 413 Å². The summed E-state index contributed by atoms with van der Waals surface area (Å²) >= 11 is 0. The van der Waals surface area contributed by atoms with E-state index in [-0.39, 0.29) is 0 Å². The van der Waals surface area contributed by atoms with Crippen molar-refractivity contribution >= 4 is 0 Å². The Kier molecular flexibility index (Phi) is 29.0. The first kappa shape index (κ1) is 87.8. The van der Waals surface area contributed by atoms with Gasteiger partial charge in [0.1, 0.15) is 0 Å². The zero-order valence-electron chi connectivity index (χ0n) is 74.3. The van der Waals surface area contributed by atoms with Gasteiger partial charge in [0.05, 0.1) is 0 Å². The van der Waals surface area contributed by atoms with Crippen LogP contribution in [0, 0.1) is 203 Å². The van der Waals surface area contributed by atoms with Gasteiger partial charge in [-0.25, -0.2) is 0 Å². The maximum Gasteiger partial charge on any atom is 0.0249 e. The molecule has 0 N–H and O–H groups in total. The molecule has 0 heterocycles. The molecule has 0 aliphatic carbocycles. The standard InChI is InChI=1S/C136H74/c1-103-3-7-105(8-4-103)11-13-107-15-19-109(20-16-107)23-25-111-27-31-113(32-28-111)35-37-115-39-43-117(44-40-115)47-49-119-51-55-121(56-52-119)59-61-123-63-67-125(68-64-123)71-73-127-75-79-129(80-76-127)83-85-131-87-91-133(92-88-131)95-97-135-99-101-136(102-100-135)98-96-134-93-89-132(90-94-134)86-84-130-81-77-128(78-82-130)74-72-126-69-65-124(66-70-126)62-60-122-57-53-120(54-58-122)50-48-118-45-41-116(42-46-118)38-36-114-33-29-112(30-34-114)26-24-110-21-17-108(18-22-110)14-12-106-9-5-104(2)6-10-106/h3-10,15-22,27-34,39-46,51-58,63-70,75-82,87-94,99-102H,1-2H3. The molecule has 17 aromatic carbocycles. The van der Waals surface area contributed by atoms with Gasteiger partial charge in [0.2, 0.25) is 0 Å². The quantitative estimate of drug-likeness (QED) is 0.133. The molecule has 0 saturated carbocycles. The van der Waals surface area contributed by atoms with Gasteiger partial charge in [-0.2, -0.15) is 0 Å². The zero-order valence-corrected chi connectivity index (χ0v) is 74.3. The molecule has 0 nitrogen and oxygen atoms in total. The number of rotatable bonds is 0. The van der Waals surface area contributed by atoms with E-state index in [1.165, 1.54) is 11.1 Å². The summed E-state index contributed by atoms with van der Waals surface area (Å²) in [5.74, 6) is 105. The molecule has 0 aliphatic rings. The van der Waals surface area contributed by atoms with Crippen LogP contribution < -0.4 is 0 Å². The van der Waals surface area contributed by atoms with E-state index in [1.807, 2.05) is 388 Å². The van der Waals surface area contributed by atoms with Gasteiger partial charge in [-0.1, -0.05) is 225 Å². The van der Waals surface area contributed by atoms with E-state index in [1.54, 1.807) is 0 Å². The Morgan fingerprint density at radius 2 is 0.103 bits per heavy atom. The highest BCUT2D eigenvalue weighted by Gasteiger charge is 2.04. The highest BCUT2D eigenvalue weighted by atomic mass is 14.1. The average molecular weight is 1710 g/mol. The van der Waals surface area contributed by atoms with E-state index >= 15 is 0 Å². The number of benzene rings is 17. The minimum Gasteiger partial charge on any atom is -0.0617 e. The van der Waals surface area contributed by atoms with Gasteiger partial charge < -0.3 is 0 Å². The third-order valence-corrected chi connectivity index (χ3v) is 21.0. The fraction of sp³-hybridized carbons (Fsp3) is 0.0147. The van der Waals surface area contributed by atoms with Gasteiger partial charge in [0.25, 0.3) is 0 Å². The van der Waals surface area contributed by atoms with Crippen LogP contribution in [0.2, 0.25) is 0 Å². The molecule has 0 amide bonds. The lowest BCUT2D eigenvalue weighted by Gasteiger charge is -1.95. The van der Waals surface area contributed by atoms with Crippen molar-refractivity contribution in [3.63, 3.8) is 0 Å². The number of aryl methyl sites for hydroxylation is 2. The van der Waals surface area contributed by atoms with Gasteiger partial charge in [-0.05, 0) is 402 Å². The largest absolute Gasteiger partial charge is 0.0617 e. The molecular formula is C136H74. The summed E-state index contributed by atoms with van der Waals surface area (Å²) in [6.07, 6.45) is 0. The van der Waals surface area contributed by atoms with Crippen LogP contribution in [0.25, 0.3) is 0 Å². The van der Waals surface area contributed by atoms with Crippen molar-refractivity contribution in [3.05, 3.63) is 602 Å². The van der Waals surface area contributed by atoms with Gasteiger partial charge >= 0.3 is 0 Å². The van der Waals surface area contributed by atoms with Crippen LogP contribution in [-0.4, -0.2) is 0 Å². The summed E-state index contributed by atoms with van der Waals surface area (Å²) in [4.78, 5) is 0. The summed E-state index contributed by atoms with van der Waals surface area (Å²) in [5.41, 5.74) is 31.8. The fourth-order valence-corrected chi connectivity index (χ4v) is 13.1. The smallest absolute Gasteiger partial charge is 0.0249 e. The van der Waals surface area contributed by atoms with E-state index in [4.69, 9.17) is 0 Å². The molecule has 0 spiro atoms. The first-order chi connectivity index (χ1) is 67.0. The second-order valence-electron chi connectivity index (χ2n) is 31.4. The summed E-state index contributed by atoms with van der Waals surface area (Å²) in [5, 5.41) is 0. The van der Waals surface area contributed by atoms with Crippen LogP contribution >= 0.6 is 0 Å². The molecule has 618 valence electrons. The molecule has 0 atom stereocenters. The topological polar surface area (TPSA) is 0 Å². The van der Waals surface area contributed by atoms with Crippen molar-refractivity contribution < 1.29 is 0 Å². The summed E-state index contributed by atoms with van der Waals surface area (Å²) in [6.45, 7) is 4.15. The Hall–Kier alpha value is -20.3. The van der Waals surface area contributed by atoms with Crippen molar-refractivity contribution in [3.8, 4) is 189 Å². The zero-order chi connectivity index (χ0) is 92.3. The lowest BCUT2D eigenvalue weighted by molar-refractivity contribution is 1.46. The van der Waals surface area contributed by atoms with Crippen LogP contribution in [0.3, 0.4) is 0 Å². The Bertz CT molecular complexity index is 7660. The third-order valence-electron chi connectivity index (χ3n) is 21.0. The summed E-state index contributed by atoms with van der Waals surface area (Å²) in [7, 11) is 0. The van der Waals surface area contributed by atoms with Gasteiger partial charge in [0.15, 0.2) is 0 Å². The van der Waals surface area contributed by atoms with Crippen molar-refractivity contribution in [2.45, 2.75) is 13.8 Å². The lowest BCUT2D eigenvalue weighted by Crippen LogP contribution is -1.82. The molecule has 0 bridgehead atoms. The van der Waals surface area contributed by atoms with E-state index in [9.17, 15) is 0 Å². The normalized spacial score (nSPS) is 9.49. The maximum absolute atomic E-state index is 3.28. The minimum absolute atomic E-state index is 0.901. The van der Waals surface area contributed by atoms with E-state index in [0.29, 0.717) is 0 Å². The second kappa shape index (κ2) is 44.9. The number of hydrogen-bond donors (Lipinski definition) is 0. The molecule has 0 unspecified atom stereocenters. The Morgan fingerprint density at radius 1 is 0.0662 bits per heavy atom. The molecule has 136 heavy (non-hydrogen) atoms. The molecule has 0 fully saturated rings. The summed E-state index contributed by atoms with van der Waals surface area (Å²) < 4.78 is 0. The highest BCUT2D eigenvalue weighted by molar-refractivity contribution is 5.61. The number of hydrogen-bond acceptors (Lipinski definition) is 0. The molecule has 17 aromatic rings. The van der Waals surface area contributed by atoms with Crippen LogP contribution in [0.1, 0.15) is 189 Å². The fourth-order valence-electron chi connectivity index (χ4n) is 13.1.